The third-order valence-electron chi connectivity index (χ3n) is 3.37. The molecule has 1 aromatic carbocycles. The molecule has 1 unspecified atom stereocenters. The molecule has 21 heavy (non-hydrogen) atoms. The van der Waals surface area contributed by atoms with E-state index >= 15 is 0 Å². The van der Waals surface area contributed by atoms with Crippen LogP contribution in [0.2, 0.25) is 0 Å². The molecule has 0 saturated carbocycles. The maximum Gasteiger partial charge on any atom is 0.261 e. The first-order valence-corrected chi connectivity index (χ1v) is 6.83. The zero-order valence-corrected chi connectivity index (χ0v) is 12.6. The number of nitrogens with zero attached hydrogens (tertiary/aromatic N) is 3. The van der Waals surface area contributed by atoms with E-state index < -0.39 is 6.10 Å². The van der Waals surface area contributed by atoms with Crippen LogP contribution in [0.3, 0.4) is 0 Å². The minimum absolute atomic E-state index is 0.0542. The summed E-state index contributed by atoms with van der Waals surface area (Å²) in [5.41, 5.74) is 0.642. The van der Waals surface area contributed by atoms with Gasteiger partial charge in [-0.15, -0.1) is 0 Å². The molecule has 1 aromatic heterocycles. The highest BCUT2D eigenvalue weighted by Gasteiger charge is 2.12. The van der Waals surface area contributed by atoms with E-state index in [0.29, 0.717) is 29.8 Å². The Kier molecular flexibility index (Phi) is 5.06. The van der Waals surface area contributed by atoms with Gasteiger partial charge in [0.25, 0.3) is 5.56 Å². The monoisotopic (exact) mass is 291 g/mol. The van der Waals surface area contributed by atoms with Crippen molar-refractivity contribution in [2.45, 2.75) is 12.6 Å². The van der Waals surface area contributed by atoms with Gasteiger partial charge in [-0.2, -0.15) is 0 Å². The standard InChI is InChI=1S/C15H21N3O3/c1-17(8-11(19)10-21-3)9-14-16-13-7-5-4-6-12(13)15(20)18(14)2/h4-7,11,19H,8-10H2,1-3H3. The Morgan fingerprint density at radius 3 is 2.86 bits per heavy atom. The molecule has 0 bridgehead atoms. The lowest BCUT2D eigenvalue weighted by Gasteiger charge is -2.20. The highest BCUT2D eigenvalue weighted by molar-refractivity contribution is 5.77. The maximum absolute atomic E-state index is 12.3. The van der Waals surface area contributed by atoms with Crippen LogP contribution >= 0.6 is 0 Å². The van der Waals surface area contributed by atoms with Crippen molar-refractivity contribution in [3.05, 3.63) is 40.4 Å². The first-order valence-electron chi connectivity index (χ1n) is 6.83. The number of ether oxygens (including phenoxy) is 1. The van der Waals surface area contributed by atoms with Crippen LogP contribution in [-0.2, 0) is 18.3 Å². The van der Waals surface area contributed by atoms with Gasteiger partial charge < -0.3 is 9.84 Å². The van der Waals surface area contributed by atoms with Crippen molar-refractivity contribution in [3.8, 4) is 0 Å². The summed E-state index contributed by atoms with van der Waals surface area (Å²) in [5, 5.41) is 10.4. The van der Waals surface area contributed by atoms with Crippen molar-refractivity contribution in [3.63, 3.8) is 0 Å². The number of aliphatic hydroxyl groups is 1. The number of rotatable bonds is 6. The fourth-order valence-electron chi connectivity index (χ4n) is 2.32. The number of hydrogen-bond acceptors (Lipinski definition) is 5. The molecule has 0 aliphatic carbocycles. The second kappa shape index (κ2) is 6.80. The van der Waals surface area contributed by atoms with Crippen molar-refractivity contribution >= 4 is 10.9 Å². The molecule has 1 N–H and O–H groups in total. The molecule has 0 spiro atoms. The average molecular weight is 291 g/mol. The van der Waals surface area contributed by atoms with Gasteiger partial charge in [0, 0.05) is 20.7 Å². The molecule has 1 heterocycles. The highest BCUT2D eigenvalue weighted by Crippen LogP contribution is 2.08. The van der Waals surface area contributed by atoms with Crippen LogP contribution in [0.15, 0.2) is 29.1 Å². The molecule has 114 valence electrons. The lowest BCUT2D eigenvalue weighted by Crippen LogP contribution is -2.34. The van der Waals surface area contributed by atoms with Gasteiger partial charge >= 0.3 is 0 Å². The Morgan fingerprint density at radius 2 is 2.14 bits per heavy atom. The fraction of sp³-hybridized carbons (Fsp3) is 0.467. The number of likely N-dealkylation sites (N-methyl/N-ethyl adjacent to an activating group) is 1. The van der Waals surface area contributed by atoms with Gasteiger partial charge in [0.05, 0.1) is 30.2 Å². The molecule has 0 radical (unpaired) electrons. The van der Waals surface area contributed by atoms with Gasteiger partial charge in [-0.3, -0.25) is 14.3 Å². The number of benzene rings is 1. The molecule has 6 heteroatoms. The van der Waals surface area contributed by atoms with Crippen molar-refractivity contribution in [2.75, 3.05) is 27.3 Å². The largest absolute Gasteiger partial charge is 0.389 e. The van der Waals surface area contributed by atoms with Crippen LogP contribution < -0.4 is 5.56 Å². The van der Waals surface area contributed by atoms with Gasteiger partial charge in [0.2, 0.25) is 0 Å². The molecule has 2 rings (SSSR count). The van der Waals surface area contributed by atoms with Crippen LogP contribution in [0.4, 0.5) is 0 Å². The van der Waals surface area contributed by atoms with Crippen LogP contribution in [0.1, 0.15) is 5.82 Å². The average Bonchev–Trinajstić information content (AvgIpc) is 2.44. The quantitative estimate of drug-likeness (QED) is 0.833. The number of hydrogen-bond donors (Lipinski definition) is 1. The number of fused-ring (bicyclic) bond motifs is 1. The zero-order valence-electron chi connectivity index (χ0n) is 12.6. The molecule has 0 fully saturated rings. The van der Waals surface area contributed by atoms with Crippen LogP contribution in [-0.4, -0.2) is 53.0 Å². The minimum atomic E-state index is -0.558. The lowest BCUT2D eigenvalue weighted by atomic mass is 10.2. The second-order valence-corrected chi connectivity index (χ2v) is 5.22. The van der Waals surface area contributed by atoms with Gasteiger partial charge in [-0.25, -0.2) is 4.98 Å². The first-order chi connectivity index (χ1) is 10.0. The summed E-state index contributed by atoms with van der Waals surface area (Å²) in [6.07, 6.45) is -0.558. The number of aromatic nitrogens is 2. The first kappa shape index (κ1) is 15.6. The van der Waals surface area contributed by atoms with E-state index in [1.807, 2.05) is 30.1 Å². The van der Waals surface area contributed by atoms with Crippen LogP contribution in [0.25, 0.3) is 10.9 Å². The Labute approximate surface area is 123 Å². The summed E-state index contributed by atoms with van der Waals surface area (Å²) in [5.74, 6) is 0.672. The predicted octanol–water partition coefficient (Wildman–Crippen LogP) is 0.373. The third-order valence-corrected chi connectivity index (χ3v) is 3.37. The molecule has 0 aliphatic heterocycles. The number of para-hydroxylation sites is 1. The molecule has 2 aromatic rings. The Balaban J connectivity index is 2.22. The predicted molar refractivity (Wildman–Crippen MR) is 81.2 cm³/mol. The summed E-state index contributed by atoms with van der Waals surface area (Å²) in [7, 11) is 5.15. The Morgan fingerprint density at radius 1 is 1.43 bits per heavy atom. The molecule has 0 amide bonds. The summed E-state index contributed by atoms with van der Waals surface area (Å²) in [6.45, 7) is 1.22. The van der Waals surface area contributed by atoms with Crippen molar-refractivity contribution in [1.82, 2.24) is 14.5 Å². The van der Waals surface area contributed by atoms with Crippen molar-refractivity contribution in [1.29, 1.82) is 0 Å². The molecule has 1 atom stereocenters. The lowest BCUT2D eigenvalue weighted by molar-refractivity contribution is 0.0412. The summed E-state index contributed by atoms with van der Waals surface area (Å²) >= 11 is 0. The molecule has 0 saturated heterocycles. The maximum atomic E-state index is 12.3. The summed E-state index contributed by atoms with van der Waals surface area (Å²) < 4.78 is 6.46. The van der Waals surface area contributed by atoms with Crippen LogP contribution in [0, 0.1) is 0 Å². The van der Waals surface area contributed by atoms with Gasteiger partial charge in [-0.1, -0.05) is 12.1 Å². The van der Waals surface area contributed by atoms with E-state index in [4.69, 9.17) is 4.74 Å². The van der Waals surface area contributed by atoms with E-state index in [1.54, 1.807) is 24.8 Å². The SMILES string of the molecule is COCC(O)CN(C)Cc1nc2ccccc2c(=O)n1C. The molecular weight excluding hydrogens is 270 g/mol. The zero-order chi connectivity index (χ0) is 15.4. The molecule has 0 aliphatic rings. The van der Waals surface area contributed by atoms with Gasteiger partial charge in [0.1, 0.15) is 5.82 Å². The Bertz CT molecular complexity index is 669. The second-order valence-electron chi connectivity index (χ2n) is 5.22. The van der Waals surface area contributed by atoms with Crippen LogP contribution in [0.5, 0.6) is 0 Å². The topological polar surface area (TPSA) is 67.6 Å². The highest BCUT2D eigenvalue weighted by atomic mass is 16.5. The van der Waals surface area contributed by atoms with E-state index in [0.717, 1.165) is 0 Å². The van der Waals surface area contributed by atoms with Gasteiger partial charge in [0.15, 0.2) is 0 Å². The van der Waals surface area contributed by atoms with E-state index in [9.17, 15) is 9.90 Å². The normalized spacial score (nSPS) is 13.0. The number of methoxy groups -OCH3 is 1. The van der Waals surface area contributed by atoms with Crippen molar-refractivity contribution in [2.24, 2.45) is 7.05 Å². The summed E-state index contributed by atoms with van der Waals surface area (Å²) in [6, 6.07) is 7.31. The smallest absolute Gasteiger partial charge is 0.261 e. The van der Waals surface area contributed by atoms with Gasteiger partial charge in [-0.05, 0) is 19.2 Å². The van der Waals surface area contributed by atoms with E-state index in [1.165, 1.54) is 0 Å². The fourth-order valence-corrected chi connectivity index (χ4v) is 2.32. The summed E-state index contributed by atoms with van der Waals surface area (Å²) in [4.78, 5) is 18.7. The number of aliphatic hydroxyl groups excluding tert-OH is 1. The minimum Gasteiger partial charge on any atom is -0.389 e. The molecular formula is C15H21N3O3. The van der Waals surface area contributed by atoms with Crippen molar-refractivity contribution < 1.29 is 9.84 Å². The van der Waals surface area contributed by atoms with E-state index in [-0.39, 0.29) is 12.2 Å². The molecule has 6 nitrogen and oxygen atoms in total. The van der Waals surface area contributed by atoms with E-state index in [2.05, 4.69) is 4.98 Å². The third kappa shape index (κ3) is 3.66. The Hall–Kier alpha value is -1.76.